The molecule has 0 bridgehead atoms. The Morgan fingerprint density at radius 1 is 0.735 bits per heavy atom. The van der Waals surface area contributed by atoms with Crippen LogP contribution in [0.5, 0.6) is 0 Å². The fourth-order valence-corrected chi connectivity index (χ4v) is 4.19. The zero-order valence-electron chi connectivity index (χ0n) is 20.1. The minimum atomic E-state index is -0.0977. The second kappa shape index (κ2) is 10.2. The van der Waals surface area contributed by atoms with E-state index in [1.165, 1.54) is 34.0 Å². The van der Waals surface area contributed by atoms with Gasteiger partial charge in [0.05, 0.1) is 5.75 Å². The molecule has 6 heteroatoms. The van der Waals surface area contributed by atoms with E-state index in [2.05, 4.69) is 67.5 Å². The summed E-state index contributed by atoms with van der Waals surface area (Å²) in [6.45, 7) is 10.3. The standard InChI is InChI=1S/C28H28N4OS/c1-17-6-11-22(12-7-17)26-27(23-13-8-18(2)9-14-23)31-32-28(30-26)34-16-25(33)29-24-15-10-19(3)20(4)21(24)5/h6-15H,16H2,1-5H3,(H,29,33). The van der Waals surface area contributed by atoms with Gasteiger partial charge in [-0.1, -0.05) is 77.5 Å². The van der Waals surface area contributed by atoms with Gasteiger partial charge in [0.2, 0.25) is 11.1 Å². The zero-order valence-corrected chi connectivity index (χ0v) is 21.0. The van der Waals surface area contributed by atoms with Crippen LogP contribution in [0, 0.1) is 34.6 Å². The third-order valence-electron chi connectivity index (χ3n) is 5.98. The van der Waals surface area contributed by atoms with Crippen molar-refractivity contribution >= 4 is 23.4 Å². The number of carbonyl (C=O) groups excluding carboxylic acids is 1. The Kier molecular flexibility index (Phi) is 7.08. The molecular weight excluding hydrogens is 440 g/mol. The average molecular weight is 469 g/mol. The van der Waals surface area contributed by atoms with Crippen LogP contribution in [-0.2, 0) is 4.79 Å². The van der Waals surface area contributed by atoms with Gasteiger partial charge in [0.1, 0.15) is 11.4 Å². The lowest BCUT2D eigenvalue weighted by Gasteiger charge is -2.12. The first-order valence-electron chi connectivity index (χ1n) is 11.2. The van der Waals surface area contributed by atoms with Crippen molar-refractivity contribution in [3.05, 3.63) is 88.5 Å². The molecule has 0 aliphatic rings. The number of aromatic nitrogens is 3. The number of hydrogen-bond donors (Lipinski definition) is 1. The molecule has 1 N–H and O–H groups in total. The number of amides is 1. The summed E-state index contributed by atoms with van der Waals surface area (Å²) in [5.74, 6) is 0.102. The Hall–Kier alpha value is -3.51. The Balaban J connectivity index is 1.57. The SMILES string of the molecule is Cc1ccc(-c2nnc(SCC(=O)Nc3ccc(C)c(C)c3C)nc2-c2ccc(C)cc2)cc1. The van der Waals surface area contributed by atoms with Crippen LogP contribution in [0.25, 0.3) is 22.5 Å². The summed E-state index contributed by atoms with van der Waals surface area (Å²) in [6.07, 6.45) is 0. The van der Waals surface area contributed by atoms with E-state index in [0.717, 1.165) is 33.8 Å². The van der Waals surface area contributed by atoms with Crippen LogP contribution in [0.1, 0.15) is 27.8 Å². The van der Waals surface area contributed by atoms with Gasteiger partial charge in [0, 0.05) is 16.8 Å². The van der Waals surface area contributed by atoms with Crippen LogP contribution in [-0.4, -0.2) is 26.8 Å². The van der Waals surface area contributed by atoms with Crippen molar-refractivity contribution in [2.24, 2.45) is 0 Å². The van der Waals surface area contributed by atoms with E-state index in [1.54, 1.807) is 0 Å². The van der Waals surface area contributed by atoms with Crippen LogP contribution in [0.2, 0.25) is 0 Å². The summed E-state index contributed by atoms with van der Waals surface area (Å²) in [5, 5.41) is 12.3. The smallest absolute Gasteiger partial charge is 0.234 e. The third-order valence-corrected chi connectivity index (χ3v) is 6.82. The van der Waals surface area contributed by atoms with Gasteiger partial charge in [-0.3, -0.25) is 4.79 Å². The molecule has 0 fully saturated rings. The number of hydrogen-bond acceptors (Lipinski definition) is 5. The minimum absolute atomic E-state index is 0.0977. The van der Waals surface area contributed by atoms with Gasteiger partial charge in [0.15, 0.2) is 0 Å². The molecule has 0 atom stereocenters. The van der Waals surface area contributed by atoms with Gasteiger partial charge in [0.25, 0.3) is 0 Å². The van der Waals surface area contributed by atoms with Crippen LogP contribution >= 0.6 is 11.8 Å². The Bertz CT molecular complexity index is 1330. The summed E-state index contributed by atoms with van der Waals surface area (Å²) in [4.78, 5) is 17.4. The molecule has 0 saturated heterocycles. The first-order valence-corrected chi connectivity index (χ1v) is 12.2. The molecule has 1 amide bonds. The molecule has 0 saturated carbocycles. The highest BCUT2D eigenvalue weighted by Gasteiger charge is 2.15. The van der Waals surface area contributed by atoms with Crippen LogP contribution in [0.3, 0.4) is 0 Å². The predicted molar refractivity (Wildman–Crippen MR) is 140 cm³/mol. The minimum Gasteiger partial charge on any atom is -0.325 e. The number of rotatable bonds is 6. The first-order chi connectivity index (χ1) is 16.3. The molecule has 5 nitrogen and oxygen atoms in total. The molecule has 0 aliphatic heterocycles. The number of thioether (sulfide) groups is 1. The van der Waals surface area contributed by atoms with Gasteiger partial charge in [-0.05, 0) is 57.4 Å². The van der Waals surface area contributed by atoms with Crippen LogP contribution in [0.4, 0.5) is 5.69 Å². The molecule has 0 unspecified atom stereocenters. The van der Waals surface area contributed by atoms with Crippen molar-refractivity contribution in [1.82, 2.24) is 15.2 Å². The highest BCUT2D eigenvalue weighted by atomic mass is 32.2. The van der Waals surface area contributed by atoms with Gasteiger partial charge in [-0.25, -0.2) is 4.98 Å². The third kappa shape index (κ3) is 5.34. The van der Waals surface area contributed by atoms with E-state index in [1.807, 2.05) is 43.3 Å². The van der Waals surface area contributed by atoms with Crippen LogP contribution < -0.4 is 5.32 Å². The summed E-state index contributed by atoms with van der Waals surface area (Å²) in [5.41, 5.74) is 10.1. The molecule has 0 aliphatic carbocycles. The maximum Gasteiger partial charge on any atom is 0.234 e. The molecule has 4 rings (SSSR count). The van der Waals surface area contributed by atoms with Crippen molar-refractivity contribution in [1.29, 1.82) is 0 Å². The number of carbonyl (C=O) groups is 1. The van der Waals surface area contributed by atoms with E-state index < -0.39 is 0 Å². The number of aryl methyl sites for hydroxylation is 3. The summed E-state index contributed by atoms with van der Waals surface area (Å²) >= 11 is 1.28. The molecule has 3 aromatic carbocycles. The lowest BCUT2D eigenvalue weighted by atomic mass is 10.0. The Morgan fingerprint density at radius 2 is 1.32 bits per heavy atom. The van der Waals surface area contributed by atoms with Gasteiger partial charge < -0.3 is 5.32 Å². The van der Waals surface area contributed by atoms with Crippen molar-refractivity contribution < 1.29 is 4.79 Å². The largest absolute Gasteiger partial charge is 0.325 e. The lowest BCUT2D eigenvalue weighted by Crippen LogP contribution is -2.15. The first kappa shape index (κ1) is 23.6. The number of nitrogens with one attached hydrogen (secondary N) is 1. The topological polar surface area (TPSA) is 67.8 Å². The van der Waals surface area contributed by atoms with Crippen molar-refractivity contribution in [3.8, 4) is 22.5 Å². The predicted octanol–water partition coefficient (Wildman–Crippen LogP) is 6.48. The normalized spacial score (nSPS) is 10.9. The monoisotopic (exact) mass is 468 g/mol. The van der Waals surface area contributed by atoms with E-state index in [0.29, 0.717) is 5.16 Å². The molecule has 0 radical (unpaired) electrons. The highest BCUT2D eigenvalue weighted by Crippen LogP contribution is 2.30. The zero-order chi connectivity index (χ0) is 24.2. The lowest BCUT2D eigenvalue weighted by molar-refractivity contribution is -0.113. The second-order valence-corrected chi connectivity index (χ2v) is 9.48. The summed E-state index contributed by atoms with van der Waals surface area (Å²) in [6, 6.07) is 20.3. The number of nitrogens with zero attached hydrogens (tertiary/aromatic N) is 3. The number of anilines is 1. The molecule has 172 valence electrons. The molecule has 1 heterocycles. The Morgan fingerprint density at radius 3 is 1.94 bits per heavy atom. The molecule has 1 aromatic heterocycles. The van der Waals surface area contributed by atoms with E-state index in [-0.39, 0.29) is 11.7 Å². The molecule has 4 aromatic rings. The number of benzene rings is 3. The fraction of sp³-hybridized carbons (Fsp3) is 0.214. The molecule has 0 spiro atoms. The average Bonchev–Trinajstić information content (AvgIpc) is 2.84. The van der Waals surface area contributed by atoms with E-state index in [9.17, 15) is 4.79 Å². The van der Waals surface area contributed by atoms with Crippen molar-refractivity contribution in [2.75, 3.05) is 11.1 Å². The van der Waals surface area contributed by atoms with E-state index >= 15 is 0 Å². The van der Waals surface area contributed by atoms with Crippen molar-refractivity contribution in [3.63, 3.8) is 0 Å². The maximum absolute atomic E-state index is 12.6. The highest BCUT2D eigenvalue weighted by molar-refractivity contribution is 7.99. The molecule has 34 heavy (non-hydrogen) atoms. The quantitative estimate of drug-likeness (QED) is 0.328. The Labute approximate surface area is 205 Å². The maximum atomic E-state index is 12.6. The van der Waals surface area contributed by atoms with E-state index in [4.69, 9.17) is 4.98 Å². The fourth-order valence-electron chi connectivity index (χ4n) is 3.60. The van der Waals surface area contributed by atoms with Crippen molar-refractivity contribution in [2.45, 2.75) is 39.8 Å². The second-order valence-electron chi connectivity index (χ2n) is 8.54. The van der Waals surface area contributed by atoms with Crippen LogP contribution in [0.15, 0.2) is 65.8 Å². The summed E-state index contributed by atoms with van der Waals surface area (Å²) in [7, 11) is 0. The van der Waals surface area contributed by atoms with Gasteiger partial charge in [-0.15, -0.1) is 10.2 Å². The summed E-state index contributed by atoms with van der Waals surface area (Å²) < 4.78 is 0. The molecular formula is C28H28N4OS. The van der Waals surface area contributed by atoms with Gasteiger partial charge >= 0.3 is 0 Å². The van der Waals surface area contributed by atoms with Gasteiger partial charge in [-0.2, -0.15) is 0 Å².